The number of amides is 1. The third kappa shape index (κ3) is 3.89. The molecule has 1 aliphatic carbocycles. The van der Waals surface area contributed by atoms with E-state index in [4.69, 9.17) is 10.5 Å². The van der Waals surface area contributed by atoms with Gasteiger partial charge >= 0.3 is 6.09 Å². The molecule has 0 bridgehead atoms. The lowest BCUT2D eigenvalue weighted by Gasteiger charge is -2.14. The van der Waals surface area contributed by atoms with Gasteiger partial charge in [-0.1, -0.05) is 72.5 Å². The van der Waals surface area contributed by atoms with E-state index in [2.05, 4.69) is 41.4 Å². The van der Waals surface area contributed by atoms with Crippen LogP contribution in [-0.4, -0.2) is 19.2 Å². The Morgan fingerprint density at radius 3 is 2.28 bits per heavy atom. The number of anilines is 1. The maximum absolute atomic E-state index is 12.2. The Morgan fingerprint density at radius 2 is 1.53 bits per heavy atom. The van der Waals surface area contributed by atoms with E-state index >= 15 is 0 Å². The van der Waals surface area contributed by atoms with Crippen LogP contribution in [0.1, 0.15) is 22.6 Å². The highest BCUT2D eigenvalue weighted by Gasteiger charge is 2.28. The molecule has 1 aliphatic rings. The predicted molar refractivity (Wildman–Crippen MR) is 128 cm³/mol. The van der Waals surface area contributed by atoms with E-state index in [0.29, 0.717) is 6.61 Å². The fraction of sp³-hybridized carbons (Fsp3) is 0.107. The molecular formula is C28H22N2O2. The van der Waals surface area contributed by atoms with E-state index in [1.165, 1.54) is 22.3 Å². The van der Waals surface area contributed by atoms with Crippen molar-refractivity contribution in [3.63, 3.8) is 0 Å². The second-order valence-corrected chi connectivity index (χ2v) is 7.80. The Balaban J connectivity index is 1.19. The summed E-state index contributed by atoms with van der Waals surface area (Å²) in [5.41, 5.74) is 12.3. The number of carbonyl (C=O) groups is 1. The van der Waals surface area contributed by atoms with Gasteiger partial charge in [0.1, 0.15) is 6.61 Å². The van der Waals surface area contributed by atoms with Crippen molar-refractivity contribution < 1.29 is 9.53 Å². The van der Waals surface area contributed by atoms with E-state index in [0.717, 1.165) is 22.0 Å². The molecule has 0 spiro atoms. The number of rotatable bonds is 3. The average molecular weight is 418 g/mol. The minimum absolute atomic E-state index is 0.0471. The van der Waals surface area contributed by atoms with Crippen LogP contribution in [0.3, 0.4) is 0 Å². The summed E-state index contributed by atoms with van der Waals surface area (Å²) in [5.74, 6) is 6.11. The molecule has 0 unspecified atom stereocenters. The average Bonchev–Trinajstić information content (AvgIpc) is 3.14. The number of hydrogen-bond acceptors (Lipinski definition) is 3. The first-order valence-electron chi connectivity index (χ1n) is 10.6. The van der Waals surface area contributed by atoms with Gasteiger partial charge in [0.2, 0.25) is 0 Å². The van der Waals surface area contributed by atoms with E-state index in [-0.39, 0.29) is 12.5 Å². The van der Waals surface area contributed by atoms with Crippen LogP contribution in [0.5, 0.6) is 0 Å². The van der Waals surface area contributed by atoms with Crippen molar-refractivity contribution >= 4 is 22.6 Å². The monoisotopic (exact) mass is 418 g/mol. The van der Waals surface area contributed by atoms with Gasteiger partial charge in [0, 0.05) is 17.2 Å². The van der Waals surface area contributed by atoms with Crippen LogP contribution >= 0.6 is 0 Å². The van der Waals surface area contributed by atoms with Gasteiger partial charge in [-0.15, -0.1) is 0 Å². The number of nitrogen functional groups attached to an aromatic ring is 1. The SMILES string of the molecule is Nc1ccc2cc(C#CCNC(=O)OCC3c4ccccc4-c4ccccc43)ccc2c1. The number of nitrogens with two attached hydrogens (primary N) is 1. The fourth-order valence-electron chi connectivity index (χ4n) is 4.25. The summed E-state index contributed by atoms with van der Waals surface area (Å²) in [6.07, 6.45) is -0.463. The van der Waals surface area contributed by atoms with Gasteiger partial charge in [-0.25, -0.2) is 4.79 Å². The van der Waals surface area contributed by atoms with Crippen molar-refractivity contribution in [3.8, 4) is 23.0 Å². The molecule has 3 N–H and O–H groups in total. The van der Waals surface area contributed by atoms with Gasteiger partial charge in [0.05, 0.1) is 6.54 Å². The van der Waals surface area contributed by atoms with Gasteiger partial charge in [-0.3, -0.25) is 0 Å². The van der Waals surface area contributed by atoms with Crippen molar-refractivity contribution in [2.75, 3.05) is 18.9 Å². The normalized spacial score (nSPS) is 11.9. The number of hydrogen-bond donors (Lipinski definition) is 2. The highest BCUT2D eigenvalue weighted by Crippen LogP contribution is 2.44. The number of benzene rings is 4. The van der Waals surface area contributed by atoms with Gasteiger partial charge < -0.3 is 15.8 Å². The highest BCUT2D eigenvalue weighted by molar-refractivity contribution is 5.86. The lowest BCUT2D eigenvalue weighted by molar-refractivity contribution is 0.144. The van der Waals surface area contributed by atoms with Gasteiger partial charge in [-0.05, 0) is 57.3 Å². The third-order valence-corrected chi connectivity index (χ3v) is 5.76. The summed E-state index contributed by atoms with van der Waals surface area (Å²) < 4.78 is 5.53. The summed E-state index contributed by atoms with van der Waals surface area (Å²) in [4.78, 5) is 12.2. The van der Waals surface area contributed by atoms with Gasteiger partial charge in [0.25, 0.3) is 0 Å². The van der Waals surface area contributed by atoms with E-state index < -0.39 is 6.09 Å². The summed E-state index contributed by atoms with van der Waals surface area (Å²) >= 11 is 0. The number of alkyl carbamates (subject to hydrolysis) is 1. The molecule has 5 rings (SSSR count). The van der Waals surface area contributed by atoms with Crippen LogP contribution in [0.4, 0.5) is 10.5 Å². The summed E-state index contributed by atoms with van der Waals surface area (Å²) in [6.45, 7) is 0.511. The van der Waals surface area contributed by atoms with Crippen molar-refractivity contribution in [3.05, 3.63) is 102 Å². The first kappa shape index (κ1) is 19.7. The zero-order valence-corrected chi connectivity index (χ0v) is 17.5. The summed E-state index contributed by atoms with van der Waals surface area (Å²) in [6, 6.07) is 28.3. The highest BCUT2D eigenvalue weighted by atomic mass is 16.5. The Morgan fingerprint density at radius 1 is 0.875 bits per heavy atom. The fourth-order valence-corrected chi connectivity index (χ4v) is 4.25. The molecule has 0 atom stereocenters. The van der Waals surface area contributed by atoms with E-state index in [1.807, 2.05) is 60.7 Å². The topological polar surface area (TPSA) is 64.3 Å². The molecule has 0 saturated heterocycles. The maximum atomic E-state index is 12.2. The lowest BCUT2D eigenvalue weighted by Crippen LogP contribution is -2.26. The molecule has 0 saturated carbocycles. The number of nitrogens with one attached hydrogen (secondary N) is 1. The van der Waals surface area contributed by atoms with Crippen LogP contribution in [0, 0.1) is 11.8 Å². The zero-order chi connectivity index (χ0) is 21.9. The van der Waals surface area contributed by atoms with Crippen LogP contribution in [0.25, 0.3) is 21.9 Å². The molecule has 4 aromatic carbocycles. The van der Waals surface area contributed by atoms with Crippen molar-refractivity contribution in [2.24, 2.45) is 0 Å². The molecular weight excluding hydrogens is 396 g/mol. The van der Waals surface area contributed by atoms with Gasteiger partial charge in [-0.2, -0.15) is 0 Å². The summed E-state index contributed by atoms with van der Waals surface area (Å²) in [7, 11) is 0. The molecule has 156 valence electrons. The number of carbonyl (C=O) groups excluding carboxylic acids is 1. The summed E-state index contributed by atoms with van der Waals surface area (Å²) in [5, 5.41) is 4.87. The molecule has 4 aromatic rings. The van der Waals surface area contributed by atoms with Crippen LogP contribution in [0.2, 0.25) is 0 Å². The molecule has 0 aliphatic heterocycles. The van der Waals surface area contributed by atoms with Crippen LogP contribution in [-0.2, 0) is 4.74 Å². The molecule has 32 heavy (non-hydrogen) atoms. The Hall–Kier alpha value is -4.23. The zero-order valence-electron chi connectivity index (χ0n) is 17.5. The van der Waals surface area contributed by atoms with Gasteiger partial charge in [0.15, 0.2) is 0 Å². The second-order valence-electron chi connectivity index (χ2n) is 7.80. The quantitative estimate of drug-likeness (QED) is 0.350. The Kier molecular flexibility index (Phi) is 5.23. The second kappa shape index (κ2) is 8.49. The smallest absolute Gasteiger partial charge is 0.407 e. The first-order chi connectivity index (χ1) is 15.7. The standard InChI is InChI=1S/C28H22N2O2/c29-22-14-13-20-16-19(11-12-21(20)17-22)6-5-15-30-28(31)32-18-27-25-9-3-1-7-23(25)24-8-2-4-10-26(24)27/h1-4,7-14,16-17,27H,15,18,29H2,(H,30,31). The number of ether oxygens (including phenoxy) is 1. The third-order valence-electron chi connectivity index (χ3n) is 5.76. The molecule has 4 nitrogen and oxygen atoms in total. The van der Waals surface area contributed by atoms with E-state index in [9.17, 15) is 4.79 Å². The first-order valence-corrected chi connectivity index (χ1v) is 10.6. The minimum Gasteiger partial charge on any atom is -0.449 e. The predicted octanol–water partition coefficient (Wildman–Crippen LogP) is 5.31. The number of fused-ring (bicyclic) bond motifs is 4. The molecule has 0 fully saturated rings. The maximum Gasteiger partial charge on any atom is 0.407 e. The van der Waals surface area contributed by atoms with Crippen molar-refractivity contribution in [1.82, 2.24) is 5.32 Å². The van der Waals surface area contributed by atoms with Crippen molar-refractivity contribution in [1.29, 1.82) is 0 Å². The van der Waals surface area contributed by atoms with E-state index in [1.54, 1.807) is 0 Å². The molecule has 0 heterocycles. The lowest BCUT2D eigenvalue weighted by atomic mass is 9.98. The van der Waals surface area contributed by atoms with Crippen LogP contribution < -0.4 is 11.1 Å². The molecule has 4 heteroatoms. The largest absolute Gasteiger partial charge is 0.449 e. The van der Waals surface area contributed by atoms with Crippen molar-refractivity contribution in [2.45, 2.75) is 5.92 Å². The molecule has 0 radical (unpaired) electrons. The molecule has 1 amide bonds. The van der Waals surface area contributed by atoms with Crippen LogP contribution in [0.15, 0.2) is 84.9 Å². The Labute approximate surface area is 187 Å². The molecule has 0 aromatic heterocycles. The Bertz CT molecular complexity index is 1340. The minimum atomic E-state index is -0.463.